The van der Waals surface area contributed by atoms with Gasteiger partial charge in [-0.05, 0) is 74.2 Å². The molecule has 2 aliphatic rings. The number of carbonyl (C=O) groups is 2. The zero-order chi connectivity index (χ0) is 29.3. The van der Waals surface area contributed by atoms with Crippen LogP contribution in [0.3, 0.4) is 0 Å². The fourth-order valence-corrected chi connectivity index (χ4v) is 6.40. The van der Waals surface area contributed by atoms with Crippen LogP contribution in [0, 0.1) is 0 Å². The Labute approximate surface area is 248 Å². The highest BCUT2D eigenvalue weighted by atomic mass is 79.9. The van der Waals surface area contributed by atoms with Gasteiger partial charge in [-0.1, -0.05) is 15.9 Å². The molecule has 2 aromatic carbocycles. The van der Waals surface area contributed by atoms with Gasteiger partial charge in [0.2, 0.25) is 15.9 Å². The summed E-state index contributed by atoms with van der Waals surface area (Å²) in [4.78, 5) is 27.7. The maximum absolute atomic E-state index is 13.1. The van der Waals surface area contributed by atoms with Crippen molar-refractivity contribution in [3.05, 3.63) is 52.1 Å². The predicted octanol–water partition coefficient (Wildman–Crippen LogP) is 2.63. The predicted molar refractivity (Wildman–Crippen MR) is 161 cm³/mol. The normalized spacial score (nSPS) is 17.9. The van der Waals surface area contributed by atoms with Crippen LogP contribution < -0.4 is 14.9 Å². The molecule has 220 valence electrons. The number of nitrogens with zero attached hydrogens (tertiary/aromatic N) is 4. The number of morpholine rings is 1. The average molecular weight is 648 g/mol. The molecule has 1 atom stereocenters. The summed E-state index contributed by atoms with van der Waals surface area (Å²) >= 11 is 3.44. The number of anilines is 1. The number of carbonyl (C=O) groups excluding carboxylic acids is 2. The highest BCUT2D eigenvalue weighted by Gasteiger charge is 2.33. The number of likely N-dealkylation sites (N-methyl/N-ethyl adjacent to an activating group) is 1. The van der Waals surface area contributed by atoms with Crippen LogP contribution in [-0.4, -0.2) is 94.2 Å². The second kappa shape index (κ2) is 12.1. The number of rotatable bonds is 10. The van der Waals surface area contributed by atoms with E-state index in [0.717, 1.165) is 22.9 Å². The third-order valence-electron chi connectivity index (χ3n) is 7.56. The van der Waals surface area contributed by atoms with Gasteiger partial charge in [0.25, 0.3) is 5.91 Å². The number of benzene rings is 2. The second-order valence-corrected chi connectivity index (χ2v) is 13.4. The van der Waals surface area contributed by atoms with E-state index in [2.05, 4.69) is 26.6 Å². The number of ether oxygens (including phenoxy) is 1. The number of hydrogen-bond donors (Lipinski definition) is 2. The van der Waals surface area contributed by atoms with Gasteiger partial charge >= 0.3 is 0 Å². The summed E-state index contributed by atoms with van der Waals surface area (Å²) in [6.07, 6.45) is 3.50. The molecule has 41 heavy (non-hydrogen) atoms. The summed E-state index contributed by atoms with van der Waals surface area (Å²) in [7, 11) is -0.186. The van der Waals surface area contributed by atoms with Gasteiger partial charge in [0.05, 0.1) is 36.4 Å². The molecule has 13 heteroatoms. The lowest BCUT2D eigenvalue weighted by atomic mass is 10.0. The van der Waals surface area contributed by atoms with Gasteiger partial charge in [-0.25, -0.2) is 13.1 Å². The van der Waals surface area contributed by atoms with Crippen LogP contribution in [0.4, 0.5) is 5.69 Å². The summed E-state index contributed by atoms with van der Waals surface area (Å²) in [6, 6.07) is 10.8. The summed E-state index contributed by atoms with van der Waals surface area (Å²) < 4.78 is 35.5. The van der Waals surface area contributed by atoms with E-state index in [1.165, 1.54) is 10.6 Å². The van der Waals surface area contributed by atoms with Crippen molar-refractivity contribution < 1.29 is 22.7 Å². The van der Waals surface area contributed by atoms with Crippen molar-refractivity contribution in [1.29, 1.82) is 0 Å². The minimum Gasteiger partial charge on any atom is -0.378 e. The van der Waals surface area contributed by atoms with Gasteiger partial charge < -0.3 is 15.4 Å². The average Bonchev–Trinajstić information content (AvgIpc) is 3.72. The molecule has 1 aliphatic carbocycles. The van der Waals surface area contributed by atoms with Crippen LogP contribution in [0.15, 0.2) is 40.9 Å². The molecule has 5 rings (SSSR count). The molecule has 1 saturated carbocycles. The van der Waals surface area contributed by atoms with E-state index < -0.39 is 10.0 Å². The SMILES string of the molecule is CNC(=O)c1c2cc(C3CC3)c(N(CCCNC(=O)[C@H]3COCCN3C)S(C)(=O)=O)cc2nn1-c1ccc(Br)cc1. The van der Waals surface area contributed by atoms with Crippen LogP contribution in [0.2, 0.25) is 0 Å². The van der Waals surface area contributed by atoms with Crippen molar-refractivity contribution in [1.82, 2.24) is 25.3 Å². The Morgan fingerprint density at radius 3 is 2.56 bits per heavy atom. The number of amides is 2. The Kier molecular flexibility index (Phi) is 8.69. The Morgan fingerprint density at radius 2 is 1.93 bits per heavy atom. The van der Waals surface area contributed by atoms with Crippen molar-refractivity contribution in [3.63, 3.8) is 0 Å². The molecule has 1 saturated heterocycles. The molecule has 2 fully saturated rings. The van der Waals surface area contributed by atoms with Crippen molar-refractivity contribution in [3.8, 4) is 5.69 Å². The van der Waals surface area contributed by atoms with Gasteiger partial charge in [-0.3, -0.25) is 18.8 Å². The molecule has 2 heterocycles. The van der Waals surface area contributed by atoms with Crippen LogP contribution in [0.5, 0.6) is 0 Å². The number of fused-ring (bicyclic) bond motifs is 1. The summed E-state index contributed by atoms with van der Waals surface area (Å²) in [6.45, 7) is 2.15. The molecule has 1 aromatic heterocycles. The monoisotopic (exact) mass is 646 g/mol. The van der Waals surface area contributed by atoms with Gasteiger partial charge in [-0.2, -0.15) is 5.10 Å². The minimum atomic E-state index is -3.65. The third-order valence-corrected chi connectivity index (χ3v) is 9.26. The van der Waals surface area contributed by atoms with Crippen LogP contribution >= 0.6 is 15.9 Å². The molecule has 0 radical (unpaired) electrons. The van der Waals surface area contributed by atoms with Gasteiger partial charge in [0.15, 0.2) is 0 Å². The van der Waals surface area contributed by atoms with E-state index in [0.29, 0.717) is 60.7 Å². The lowest BCUT2D eigenvalue weighted by Crippen LogP contribution is -2.52. The Balaban J connectivity index is 1.46. The van der Waals surface area contributed by atoms with E-state index in [1.54, 1.807) is 17.8 Å². The first kappa shape index (κ1) is 29.5. The fraction of sp³-hybridized carbons (Fsp3) is 0.464. The maximum atomic E-state index is 13.1. The third kappa shape index (κ3) is 6.42. The lowest BCUT2D eigenvalue weighted by molar-refractivity contribution is -0.131. The molecule has 2 N–H and O–H groups in total. The summed E-state index contributed by atoms with van der Waals surface area (Å²) in [5.74, 6) is -0.207. The molecule has 0 unspecified atom stereocenters. The van der Waals surface area contributed by atoms with Crippen molar-refractivity contribution >= 4 is 54.4 Å². The molecular weight excluding hydrogens is 612 g/mol. The van der Waals surface area contributed by atoms with Gasteiger partial charge in [-0.15, -0.1) is 0 Å². The largest absolute Gasteiger partial charge is 0.378 e. The molecule has 11 nitrogen and oxygen atoms in total. The van der Waals surface area contributed by atoms with Crippen LogP contribution in [0.25, 0.3) is 16.6 Å². The first-order chi connectivity index (χ1) is 19.6. The number of aromatic nitrogens is 2. The van der Waals surface area contributed by atoms with E-state index in [1.807, 2.05) is 42.3 Å². The number of hydrogen-bond acceptors (Lipinski definition) is 7. The summed E-state index contributed by atoms with van der Waals surface area (Å²) in [5.41, 5.74) is 3.07. The molecule has 2 amide bonds. The quantitative estimate of drug-likeness (QED) is 0.324. The zero-order valence-corrected chi connectivity index (χ0v) is 25.8. The Hall–Kier alpha value is -3.00. The molecular formula is C28H35BrN6O5S. The van der Waals surface area contributed by atoms with E-state index in [-0.39, 0.29) is 30.3 Å². The number of halogens is 1. The van der Waals surface area contributed by atoms with Gasteiger partial charge in [0, 0.05) is 36.5 Å². The van der Waals surface area contributed by atoms with E-state index in [4.69, 9.17) is 9.84 Å². The maximum Gasteiger partial charge on any atom is 0.270 e. The van der Waals surface area contributed by atoms with Crippen LogP contribution in [0.1, 0.15) is 41.2 Å². The Morgan fingerprint density at radius 1 is 1.20 bits per heavy atom. The summed E-state index contributed by atoms with van der Waals surface area (Å²) in [5, 5.41) is 11.1. The first-order valence-electron chi connectivity index (χ1n) is 13.7. The van der Waals surface area contributed by atoms with Crippen LogP contribution in [-0.2, 0) is 19.6 Å². The standard InChI is InChI=1S/C28H35BrN6O5S/c1-30-28(37)26-22-15-21(18-5-6-18)24(16-23(22)32-35(26)20-9-7-19(29)8-10-20)34(41(3,38)39)12-4-11-31-27(36)25-17-40-14-13-33(25)2/h7-10,15-16,18,25H,4-6,11-14,17H2,1-3H3,(H,30,37)(H,31,36)/t25-/m1/s1. The van der Waals surface area contributed by atoms with Gasteiger partial charge in [0.1, 0.15) is 11.7 Å². The van der Waals surface area contributed by atoms with Crippen molar-refractivity contribution in [2.45, 2.75) is 31.2 Å². The van der Waals surface area contributed by atoms with Crippen molar-refractivity contribution in [2.75, 3.05) is 57.5 Å². The van der Waals surface area contributed by atoms with Crippen molar-refractivity contribution in [2.24, 2.45) is 0 Å². The number of nitrogens with one attached hydrogen (secondary N) is 2. The number of sulfonamides is 1. The smallest absolute Gasteiger partial charge is 0.270 e. The Bertz CT molecular complexity index is 1550. The lowest BCUT2D eigenvalue weighted by Gasteiger charge is -2.31. The topological polar surface area (TPSA) is 126 Å². The van der Waals surface area contributed by atoms with E-state index >= 15 is 0 Å². The molecule has 0 bridgehead atoms. The highest BCUT2D eigenvalue weighted by Crippen LogP contribution is 2.46. The first-order valence-corrected chi connectivity index (χ1v) is 16.3. The minimum absolute atomic E-state index is 0.126. The highest BCUT2D eigenvalue weighted by molar-refractivity contribution is 9.10. The second-order valence-electron chi connectivity index (χ2n) is 10.6. The fourth-order valence-electron chi connectivity index (χ4n) is 5.16. The molecule has 0 spiro atoms. The zero-order valence-electron chi connectivity index (χ0n) is 23.4. The van der Waals surface area contributed by atoms with E-state index in [9.17, 15) is 18.0 Å². The molecule has 3 aromatic rings. The molecule has 1 aliphatic heterocycles.